The zero-order valence-electron chi connectivity index (χ0n) is 16.8. The maximum absolute atomic E-state index is 15.1. The molecule has 0 radical (unpaired) electrons. The van der Waals surface area contributed by atoms with Crippen molar-refractivity contribution in [3.8, 4) is 16.9 Å². The van der Waals surface area contributed by atoms with Gasteiger partial charge in [-0.05, 0) is 58.9 Å². The normalized spacial score (nSPS) is 17.3. The van der Waals surface area contributed by atoms with Gasteiger partial charge in [0.05, 0.1) is 18.2 Å². The molecule has 4 heteroatoms. The van der Waals surface area contributed by atoms with Crippen LogP contribution in [-0.2, 0) is 10.8 Å². The lowest BCUT2D eigenvalue weighted by Crippen LogP contribution is -2.34. The van der Waals surface area contributed by atoms with E-state index < -0.39 is 17.2 Å². The first-order chi connectivity index (χ1) is 12.5. The molecule has 0 atom stereocenters. The Labute approximate surface area is 159 Å². The highest BCUT2D eigenvalue weighted by Crippen LogP contribution is 2.48. The van der Waals surface area contributed by atoms with Crippen molar-refractivity contribution in [2.75, 3.05) is 7.11 Å². The van der Waals surface area contributed by atoms with Crippen molar-refractivity contribution in [2.24, 2.45) is 0 Å². The molecule has 2 aromatic carbocycles. The van der Waals surface area contributed by atoms with E-state index in [1.807, 2.05) is 13.0 Å². The number of hydrogen-bond donors (Lipinski definition) is 0. The maximum atomic E-state index is 15.1. The molecule has 1 aliphatic carbocycles. The standard InChI is InChI=1S/C23H26F2O2/c1-13-9-16-17(23(4,5)8-7-22(16,2)3)10-14(13)20-19(27-6)11-18(24)15(12-26)21(20)25/h9-12H,7-8H2,1-6H3. The molecule has 0 N–H and O–H groups in total. The quantitative estimate of drug-likeness (QED) is 0.608. The van der Waals surface area contributed by atoms with E-state index in [-0.39, 0.29) is 28.4 Å². The molecule has 0 spiro atoms. The number of halogens is 2. The van der Waals surface area contributed by atoms with Crippen molar-refractivity contribution < 1.29 is 18.3 Å². The van der Waals surface area contributed by atoms with E-state index in [0.29, 0.717) is 5.56 Å². The zero-order valence-corrected chi connectivity index (χ0v) is 16.8. The summed E-state index contributed by atoms with van der Waals surface area (Å²) in [5.41, 5.74) is 3.49. The Kier molecular flexibility index (Phi) is 4.65. The van der Waals surface area contributed by atoms with E-state index in [1.54, 1.807) is 0 Å². The van der Waals surface area contributed by atoms with Gasteiger partial charge in [0, 0.05) is 6.07 Å². The summed E-state index contributed by atoms with van der Waals surface area (Å²) in [7, 11) is 1.37. The molecule has 0 fully saturated rings. The minimum absolute atomic E-state index is 0.0352. The van der Waals surface area contributed by atoms with Crippen LogP contribution in [-0.4, -0.2) is 13.4 Å². The molecule has 0 unspecified atom stereocenters. The Bertz CT molecular complexity index is 927. The van der Waals surface area contributed by atoms with E-state index in [1.165, 1.54) is 12.7 Å². The lowest BCUT2D eigenvalue weighted by Gasteiger charge is -2.42. The van der Waals surface area contributed by atoms with Gasteiger partial charge < -0.3 is 4.74 Å². The molecule has 0 saturated heterocycles. The van der Waals surface area contributed by atoms with Crippen LogP contribution in [0.4, 0.5) is 8.78 Å². The van der Waals surface area contributed by atoms with E-state index in [2.05, 4.69) is 33.8 Å². The Balaban J connectivity index is 2.37. The summed E-state index contributed by atoms with van der Waals surface area (Å²) in [6.07, 6.45) is 2.32. The molecular formula is C23H26F2O2. The van der Waals surface area contributed by atoms with Gasteiger partial charge in [0.1, 0.15) is 17.4 Å². The molecule has 0 amide bonds. The molecule has 0 aliphatic heterocycles. The molecule has 27 heavy (non-hydrogen) atoms. The van der Waals surface area contributed by atoms with E-state index in [4.69, 9.17) is 4.74 Å². The summed E-state index contributed by atoms with van der Waals surface area (Å²) in [6.45, 7) is 10.7. The lowest BCUT2D eigenvalue weighted by atomic mass is 9.62. The van der Waals surface area contributed by atoms with Crippen LogP contribution in [0.2, 0.25) is 0 Å². The molecule has 0 aromatic heterocycles. The van der Waals surface area contributed by atoms with E-state index in [9.17, 15) is 9.18 Å². The number of carbonyl (C=O) groups is 1. The number of fused-ring (bicyclic) bond motifs is 1. The smallest absolute Gasteiger partial charge is 0.155 e. The van der Waals surface area contributed by atoms with Gasteiger partial charge in [-0.15, -0.1) is 0 Å². The van der Waals surface area contributed by atoms with Crippen LogP contribution in [0.3, 0.4) is 0 Å². The second kappa shape index (κ2) is 6.43. The average Bonchev–Trinajstić information content (AvgIpc) is 2.59. The second-order valence-corrected chi connectivity index (χ2v) is 8.76. The number of ether oxygens (including phenoxy) is 1. The summed E-state index contributed by atoms with van der Waals surface area (Å²) in [4.78, 5) is 11.2. The van der Waals surface area contributed by atoms with Crippen molar-refractivity contribution in [1.29, 1.82) is 0 Å². The molecular weight excluding hydrogens is 346 g/mol. The predicted molar refractivity (Wildman–Crippen MR) is 104 cm³/mol. The Hall–Kier alpha value is -2.23. The first-order valence-corrected chi connectivity index (χ1v) is 9.20. The Morgan fingerprint density at radius 3 is 2.07 bits per heavy atom. The van der Waals surface area contributed by atoms with Crippen LogP contribution in [0.1, 0.15) is 67.6 Å². The third-order valence-electron chi connectivity index (χ3n) is 6.02. The molecule has 2 aromatic rings. The first-order valence-electron chi connectivity index (χ1n) is 9.20. The van der Waals surface area contributed by atoms with Crippen LogP contribution in [0.5, 0.6) is 5.75 Å². The third-order valence-corrected chi connectivity index (χ3v) is 6.02. The summed E-state index contributed by atoms with van der Waals surface area (Å²) in [6, 6.07) is 5.18. The van der Waals surface area contributed by atoms with Crippen molar-refractivity contribution in [1.82, 2.24) is 0 Å². The fourth-order valence-electron chi connectivity index (χ4n) is 4.12. The number of benzene rings is 2. The lowest BCUT2D eigenvalue weighted by molar-refractivity contribution is 0.111. The molecule has 144 valence electrons. The average molecular weight is 372 g/mol. The number of aryl methyl sites for hydroxylation is 1. The fourth-order valence-corrected chi connectivity index (χ4v) is 4.12. The summed E-state index contributed by atoms with van der Waals surface area (Å²) < 4.78 is 34.4. The molecule has 0 heterocycles. The number of carbonyl (C=O) groups excluding carboxylic acids is 1. The van der Waals surface area contributed by atoms with Gasteiger partial charge in [0.25, 0.3) is 0 Å². The van der Waals surface area contributed by atoms with Crippen LogP contribution < -0.4 is 4.74 Å². The molecule has 1 aliphatic rings. The van der Waals surface area contributed by atoms with Crippen LogP contribution >= 0.6 is 0 Å². The number of methoxy groups -OCH3 is 1. The van der Waals surface area contributed by atoms with Crippen molar-refractivity contribution in [2.45, 2.75) is 58.3 Å². The minimum atomic E-state index is -0.917. The maximum Gasteiger partial charge on any atom is 0.155 e. The van der Waals surface area contributed by atoms with Gasteiger partial charge >= 0.3 is 0 Å². The topological polar surface area (TPSA) is 26.3 Å². The Morgan fingerprint density at radius 2 is 1.56 bits per heavy atom. The van der Waals surface area contributed by atoms with Gasteiger partial charge in [-0.25, -0.2) is 8.78 Å². The summed E-state index contributed by atoms with van der Waals surface area (Å²) in [5, 5.41) is 0. The summed E-state index contributed by atoms with van der Waals surface area (Å²) >= 11 is 0. The van der Waals surface area contributed by atoms with Gasteiger partial charge in [-0.3, -0.25) is 4.79 Å². The number of rotatable bonds is 3. The fraction of sp³-hybridized carbons (Fsp3) is 0.435. The first kappa shape index (κ1) is 19.5. The van der Waals surface area contributed by atoms with Crippen LogP contribution in [0, 0.1) is 18.6 Å². The van der Waals surface area contributed by atoms with Crippen molar-refractivity contribution in [3.05, 3.63) is 52.1 Å². The highest BCUT2D eigenvalue weighted by atomic mass is 19.1. The predicted octanol–water partition coefficient (Wildman–Crippen LogP) is 6.11. The monoisotopic (exact) mass is 372 g/mol. The van der Waals surface area contributed by atoms with E-state index >= 15 is 4.39 Å². The SMILES string of the molecule is COc1cc(F)c(C=O)c(F)c1-c1cc2c(cc1C)C(C)(C)CCC2(C)C. The van der Waals surface area contributed by atoms with Gasteiger partial charge in [-0.1, -0.05) is 33.8 Å². The number of aldehydes is 1. The highest BCUT2D eigenvalue weighted by Gasteiger charge is 2.38. The van der Waals surface area contributed by atoms with Gasteiger partial charge in [0.2, 0.25) is 0 Å². The van der Waals surface area contributed by atoms with Gasteiger partial charge in [0.15, 0.2) is 6.29 Å². The van der Waals surface area contributed by atoms with Crippen molar-refractivity contribution in [3.63, 3.8) is 0 Å². The van der Waals surface area contributed by atoms with Crippen molar-refractivity contribution >= 4 is 6.29 Å². The molecule has 0 bridgehead atoms. The molecule has 0 saturated carbocycles. The number of hydrogen-bond acceptors (Lipinski definition) is 2. The van der Waals surface area contributed by atoms with E-state index in [0.717, 1.165) is 30.0 Å². The molecule has 2 nitrogen and oxygen atoms in total. The second-order valence-electron chi connectivity index (χ2n) is 8.76. The summed E-state index contributed by atoms with van der Waals surface area (Å²) in [5.74, 6) is -1.70. The largest absolute Gasteiger partial charge is 0.496 e. The van der Waals surface area contributed by atoms with Crippen LogP contribution in [0.25, 0.3) is 11.1 Å². The highest BCUT2D eigenvalue weighted by molar-refractivity contribution is 5.84. The van der Waals surface area contributed by atoms with Gasteiger partial charge in [-0.2, -0.15) is 0 Å². The third kappa shape index (κ3) is 3.05. The zero-order chi connectivity index (χ0) is 20.1. The van der Waals surface area contributed by atoms with Crippen LogP contribution in [0.15, 0.2) is 18.2 Å². The molecule has 3 rings (SSSR count). The Morgan fingerprint density at radius 1 is 1.00 bits per heavy atom. The minimum Gasteiger partial charge on any atom is -0.496 e.